The first-order valence-corrected chi connectivity index (χ1v) is 14.4. The van der Waals surface area contributed by atoms with Gasteiger partial charge in [0.25, 0.3) is 0 Å². The second-order valence-corrected chi connectivity index (χ2v) is 10.4. The van der Waals surface area contributed by atoms with Crippen molar-refractivity contribution in [3.8, 4) is 0 Å². The number of rotatable bonds is 18. The summed E-state index contributed by atoms with van der Waals surface area (Å²) < 4.78 is 0. The molecule has 4 amide bonds. The first kappa shape index (κ1) is 32.6. The Kier molecular flexibility index (Phi) is 13.4. The Hall–Kier alpha value is -3.62. The second-order valence-electron chi connectivity index (χ2n) is 9.43. The van der Waals surface area contributed by atoms with Crippen LogP contribution in [-0.4, -0.2) is 82.4 Å². The van der Waals surface area contributed by atoms with E-state index < -0.39 is 60.2 Å². The minimum absolute atomic E-state index is 0.0316. The molecule has 40 heavy (non-hydrogen) atoms. The predicted molar refractivity (Wildman–Crippen MR) is 153 cm³/mol. The molecule has 0 spiro atoms. The Balaban J connectivity index is 2.16. The fourth-order valence-corrected chi connectivity index (χ4v) is 4.59. The fourth-order valence-electron chi connectivity index (χ4n) is 4.12. The quantitative estimate of drug-likeness (QED) is 0.105. The molecular formula is C26H39N7O6S. The number of amides is 4. The number of carbonyl (C=O) groups excluding carboxylic acids is 4. The number of carboxylic acid groups (broad SMARTS) is 1. The normalized spacial score (nSPS) is 14.1. The zero-order chi connectivity index (χ0) is 29.7. The van der Waals surface area contributed by atoms with E-state index in [1.165, 1.54) is 11.8 Å². The molecule has 2 aromatic rings. The topological polar surface area (TPSA) is 236 Å². The molecular weight excluding hydrogens is 538 g/mol. The van der Waals surface area contributed by atoms with Crippen LogP contribution in [0.3, 0.4) is 0 Å². The van der Waals surface area contributed by atoms with E-state index in [-0.39, 0.29) is 19.3 Å². The number of aliphatic carboxylic acids is 1. The molecule has 14 heteroatoms. The van der Waals surface area contributed by atoms with Crippen LogP contribution in [0.5, 0.6) is 0 Å². The number of nitrogens with one attached hydrogen (secondary N) is 4. The molecule has 1 aromatic carbocycles. The highest BCUT2D eigenvalue weighted by Crippen LogP contribution is 2.19. The Bertz CT molecular complexity index is 1170. The predicted octanol–water partition coefficient (Wildman–Crippen LogP) is -0.666. The zero-order valence-electron chi connectivity index (χ0n) is 22.5. The summed E-state index contributed by atoms with van der Waals surface area (Å²) in [7, 11) is 0. The number of hydrogen-bond donors (Lipinski definition) is 8. The van der Waals surface area contributed by atoms with Crippen molar-refractivity contribution in [3.05, 3.63) is 36.0 Å². The fraction of sp³-hybridized carbons (Fsp3) is 0.500. The minimum Gasteiger partial charge on any atom is -0.480 e. The lowest BCUT2D eigenvalue weighted by molar-refractivity contribution is -0.142. The summed E-state index contributed by atoms with van der Waals surface area (Å²) in [6.45, 7) is 0.384. The van der Waals surface area contributed by atoms with E-state index in [1.54, 1.807) is 6.20 Å². The number of benzene rings is 1. The van der Waals surface area contributed by atoms with Crippen LogP contribution in [0.4, 0.5) is 0 Å². The molecule has 0 aliphatic heterocycles. The van der Waals surface area contributed by atoms with Gasteiger partial charge in [-0.1, -0.05) is 18.2 Å². The molecule has 0 saturated heterocycles. The molecule has 0 aliphatic rings. The number of para-hydroxylation sites is 1. The molecule has 1 heterocycles. The van der Waals surface area contributed by atoms with E-state index in [9.17, 15) is 29.1 Å². The molecule has 0 saturated carbocycles. The van der Waals surface area contributed by atoms with E-state index >= 15 is 0 Å². The zero-order valence-corrected chi connectivity index (χ0v) is 23.3. The molecule has 0 bridgehead atoms. The molecule has 1 aromatic heterocycles. The number of nitrogens with two attached hydrogens (primary N) is 3. The monoisotopic (exact) mass is 577 g/mol. The van der Waals surface area contributed by atoms with Crippen molar-refractivity contribution in [1.29, 1.82) is 0 Å². The number of carboxylic acids is 1. The molecule has 220 valence electrons. The molecule has 2 rings (SSSR count). The Morgan fingerprint density at radius 1 is 0.950 bits per heavy atom. The van der Waals surface area contributed by atoms with Gasteiger partial charge in [-0.3, -0.25) is 19.2 Å². The lowest BCUT2D eigenvalue weighted by atomic mass is 10.0. The van der Waals surface area contributed by atoms with Crippen molar-refractivity contribution in [2.45, 2.75) is 62.7 Å². The van der Waals surface area contributed by atoms with Crippen molar-refractivity contribution in [1.82, 2.24) is 20.9 Å². The standard InChI is InChI=1S/C26H39N7O6S/c1-40-11-9-20(32-24(36)19(8-4-5-10-27)31-23(35)17(28)13-22(29)34)25(37)33-21(26(38)39)12-15-14-30-18-7-3-2-6-16(15)18/h2-3,6-7,14,17,19-21,30H,4-5,8-13,27-28H2,1H3,(H2,29,34)(H,31,35)(H,32,36)(H,33,37)(H,38,39). The summed E-state index contributed by atoms with van der Waals surface area (Å²) in [6.07, 6.45) is 4.72. The van der Waals surface area contributed by atoms with Gasteiger partial charge in [-0.15, -0.1) is 0 Å². The lowest BCUT2D eigenvalue weighted by Crippen LogP contribution is -2.57. The third-order valence-corrected chi connectivity index (χ3v) is 6.94. The van der Waals surface area contributed by atoms with Gasteiger partial charge in [0, 0.05) is 23.5 Å². The third-order valence-electron chi connectivity index (χ3n) is 6.29. The average molecular weight is 578 g/mol. The minimum atomic E-state index is -1.24. The number of H-pyrrole nitrogens is 1. The second kappa shape index (κ2) is 16.5. The maximum absolute atomic E-state index is 13.2. The van der Waals surface area contributed by atoms with Gasteiger partial charge in [0.05, 0.1) is 12.5 Å². The van der Waals surface area contributed by atoms with Gasteiger partial charge >= 0.3 is 5.97 Å². The van der Waals surface area contributed by atoms with Crippen LogP contribution in [-0.2, 0) is 30.4 Å². The van der Waals surface area contributed by atoms with E-state index in [4.69, 9.17) is 17.2 Å². The van der Waals surface area contributed by atoms with Crippen molar-refractivity contribution in [2.24, 2.45) is 17.2 Å². The molecule has 11 N–H and O–H groups in total. The van der Waals surface area contributed by atoms with Crippen LogP contribution < -0.4 is 33.2 Å². The summed E-state index contributed by atoms with van der Waals surface area (Å²) in [4.78, 5) is 65.2. The van der Waals surface area contributed by atoms with E-state index in [0.717, 1.165) is 16.5 Å². The van der Waals surface area contributed by atoms with Crippen molar-refractivity contribution >= 4 is 52.3 Å². The molecule has 13 nitrogen and oxygen atoms in total. The Morgan fingerprint density at radius 3 is 2.20 bits per heavy atom. The summed E-state index contributed by atoms with van der Waals surface area (Å²) in [5.74, 6) is -3.51. The summed E-state index contributed by atoms with van der Waals surface area (Å²) in [6, 6.07) is 2.83. The summed E-state index contributed by atoms with van der Waals surface area (Å²) >= 11 is 1.45. The number of aromatic nitrogens is 1. The van der Waals surface area contributed by atoms with Gasteiger partial charge in [-0.25, -0.2) is 4.79 Å². The molecule has 0 radical (unpaired) electrons. The van der Waals surface area contributed by atoms with Gasteiger partial charge in [0.2, 0.25) is 23.6 Å². The number of aromatic amines is 1. The van der Waals surface area contributed by atoms with Crippen LogP contribution in [0.2, 0.25) is 0 Å². The number of thioether (sulfide) groups is 1. The van der Waals surface area contributed by atoms with Crippen LogP contribution in [0.1, 0.15) is 37.7 Å². The molecule has 4 atom stereocenters. The molecule has 0 fully saturated rings. The van der Waals surface area contributed by atoms with E-state index in [2.05, 4.69) is 20.9 Å². The van der Waals surface area contributed by atoms with Gasteiger partial charge < -0.3 is 43.2 Å². The number of carbonyl (C=O) groups is 5. The highest BCUT2D eigenvalue weighted by atomic mass is 32.2. The number of hydrogen-bond acceptors (Lipinski definition) is 8. The maximum Gasteiger partial charge on any atom is 0.326 e. The van der Waals surface area contributed by atoms with E-state index in [1.807, 2.05) is 30.5 Å². The van der Waals surface area contributed by atoms with Crippen molar-refractivity contribution < 1.29 is 29.1 Å². The SMILES string of the molecule is CSCCC(NC(=O)C(CCCCN)NC(=O)C(N)CC(N)=O)C(=O)NC(Cc1c[nH]c2ccccc12)C(=O)O. The third kappa shape index (κ3) is 10.2. The first-order valence-electron chi connectivity index (χ1n) is 13.0. The first-order chi connectivity index (χ1) is 19.1. The maximum atomic E-state index is 13.2. The summed E-state index contributed by atoms with van der Waals surface area (Å²) in [5, 5.41) is 18.4. The molecule has 4 unspecified atom stereocenters. The highest BCUT2D eigenvalue weighted by molar-refractivity contribution is 7.98. The van der Waals surface area contributed by atoms with Gasteiger partial charge in [0.15, 0.2) is 0 Å². The van der Waals surface area contributed by atoms with Crippen molar-refractivity contribution in [2.75, 3.05) is 18.6 Å². The lowest BCUT2D eigenvalue weighted by Gasteiger charge is -2.25. The average Bonchev–Trinajstić information content (AvgIpc) is 3.32. The number of fused-ring (bicyclic) bond motifs is 1. The van der Waals surface area contributed by atoms with Crippen LogP contribution in [0.15, 0.2) is 30.5 Å². The van der Waals surface area contributed by atoms with Gasteiger partial charge in [-0.2, -0.15) is 11.8 Å². The van der Waals surface area contributed by atoms with Crippen molar-refractivity contribution in [3.63, 3.8) is 0 Å². The number of unbranched alkanes of at least 4 members (excludes halogenated alkanes) is 1. The largest absolute Gasteiger partial charge is 0.480 e. The summed E-state index contributed by atoms with van der Waals surface area (Å²) in [5.41, 5.74) is 18.0. The van der Waals surface area contributed by atoms with Crippen LogP contribution in [0, 0.1) is 0 Å². The smallest absolute Gasteiger partial charge is 0.326 e. The molecule has 0 aliphatic carbocycles. The number of primary amides is 1. The van der Waals surface area contributed by atoms with Crippen LogP contribution >= 0.6 is 11.8 Å². The Labute approximate surface area is 236 Å². The van der Waals surface area contributed by atoms with Crippen LogP contribution in [0.25, 0.3) is 10.9 Å². The highest BCUT2D eigenvalue weighted by Gasteiger charge is 2.30. The van der Waals surface area contributed by atoms with Gasteiger partial charge in [0.1, 0.15) is 18.1 Å². The Morgan fingerprint density at radius 2 is 1.57 bits per heavy atom. The van der Waals surface area contributed by atoms with E-state index in [0.29, 0.717) is 25.1 Å². The van der Waals surface area contributed by atoms with Gasteiger partial charge in [-0.05, 0) is 55.9 Å².